The molecule has 21 heavy (non-hydrogen) atoms. The second-order valence-electron chi connectivity index (χ2n) is 4.50. The Labute approximate surface area is 124 Å². The molecule has 0 saturated carbocycles. The highest BCUT2D eigenvalue weighted by atomic mass is 32.2. The molecule has 1 aliphatic carbocycles. The fourth-order valence-corrected chi connectivity index (χ4v) is 2.97. The van der Waals surface area contributed by atoms with E-state index >= 15 is 0 Å². The van der Waals surface area contributed by atoms with Crippen LogP contribution in [-0.4, -0.2) is 21.8 Å². The third kappa shape index (κ3) is 2.43. The van der Waals surface area contributed by atoms with Crippen LogP contribution in [0.1, 0.15) is 20.7 Å². The van der Waals surface area contributed by atoms with Crippen LogP contribution in [0.25, 0.3) is 0 Å². The van der Waals surface area contributed by atoms with Gasteiger partial charge in [-0.15, -0.1) is 0 Å². The van der Waals surface area contributed by atoms with E-state index in [1.54, 1.807) is 12.1 Å². The van der Waals surface area contributed by atoms with Crippen molar-refractivity contribution in [3.63, 3.8) is 0 Å². The topological polar surface area (TPSA) is 74.6 Å². The normalized spacial score (nSPS) is 13.8. The lowest BCUT2D eigenvalue weighted by Crippen LogP contribution is -2.15. The summed E-state index contributed by atoms with van der Waals surface area (Å²) in [6.45, 7) is 0. The van der Waals surface area contributed by atoms with Gasteiger partial charge in [0.2, 0.25) is 5.78 Å². The maximum absolute atomic E-state index is 12.4. The molecule has 0 amide bonds. The molecule has 2 N–H and O–H groups in total. The van der Waals surface area contributed by atoms with E-state index in [4.69, 9.17) is 0 Å². The highest BCUT2D eigenvalue weighted by Gasteiger charge is 2.28. The van der Waals surface area contributed by atoms with Crippen molar-refractivity contribution < 1.29 is 19.8 Å². The van der Waals surface area contributed by atoms with Crippen LogP contribution in [0, 0.1) is 0 Å². The minimum atomic E-state index is -0.374. The molecule has 104 valence electrons. The molecule has 5 heteroatoms. The fourth-order valence-electron chi connectivity index (χ4n) is 2.09. The SMILES string of the molecule is O=C1C=C(Sc2ccc(O)cc2)C(=O)c2c(O)cccc21. The highest BCUT2D eigenvalue weighted by Crippen LogP contribution is 2.36. The summed E-state index contributed by atoms with van der Waals surface area (Å²) < 4.78 is 0. The molecule has 0 bridgehead atoms. The Bertz CT molecular complexity index is 775. The first-order valence-corrected chi connectivity index (χ1v) is 6.97. The van der Waals surface area contributed by atoms with E-state index in [-0.39, 0.29) is 39.1 Å². The van der Waals surface area contributed by atoms with Gasteiger partial charge in [-0.3, -0.25) is 9.59 Å². The number of benzene rings is 2. The number of aromatic hydroxyl groups is 2. The van der Waals surface area contributed by atoms with Crippen LogP contribution in [0.2, 0.25) is 0 Å². The second-order valence-corrected chi connectivity index (χ2v) is 5.61. The number of carbonyl (C=O) groups is 2. The molecule has 0 aliphatic heterocycles. The summed E-state index contributed by atoms with van der Waals surface area (Å²) in [6.07, 6.45) is 1.28. The van der Waals surface area contributed by atoms with E-state index < -0.39 is 0 Å². The van der Waals surface area contributed by atoms with Crippen LogP contribution >= 0.6 is 11.8 Å². The number of hydrogen-bond donors (Lipinski definition) is 2. The molecular weight excluding hydrogens is 288 g/mol. The first-order chi connectivity index (χ1) is 10.1. The molecule has 0 unspecified atom stereocenters. The van der Waals surface area contributed by atoms with Gasteiger partial charge in [0, 0.05) is 16.5 Å². The summed E-state index contributed by atoms with van der Waals surface area (Å²) in [7, 11) is 0. The minimum absolute atomic E-state index is 0.0475. The van der Waals surface area contributed by atoms with Crippen molar-refractivity contribution in [2.75, 3.05) is 0 Å². The van der Waals surface area contributed by atoms with Gasteiger partial charge in [0.25, 0.3) is 0 Å². The number of ketones is 2. The van der Waals surface area contributed by atoms with Gasteiger partial charge >= 0.3 is 0 Å². The van der Waals surface area contributed by atoms with Crippen molar-refractivity contribution in [1.29, 1.82) is 0 Å². The molecule has 1 aliphatic rings. The Balaban J connectivity index is 1.98. The molecule has 0 saturated heterocycles. The largest absolute Gasteiger partial charge is 0.508 e. The summed E-state index contributed by atoms with van der Waals surface area (Å²) in [4.78, 5) is 25.4. The number of thioether (sulfide) groups is 1. The lowest BCUT2D eigenvalue weighted by Gasteiger charge is -2.15. The van der Waals surface area contributed by atoms with Gasteiger partial charge in [-0.05, 0) is 30.3 Å². The predicted molar refractivity (Wildman–Crippen MR) is 78.8 cm³/mol. The van der Waals surface area contributed by atoms with E-state index in [1.807, 2.05) is 0 Å². The monoisotopic (exact) mass is 298 g/mol. The third-order valence-electron chi connectivity index (χ3n) is 3.09. The van der Waals surface area contributed by atoms with Gasteiger partial charge in [-0.2, -0.15) is 0 Å². The lowest BCUT2D eigenvalue weighted by atomic mass is 9.94. The quantitative estimate of drug-likeness (QED) is 0.891. The van der Waals surface area contributed by atoms with Crippen LogP contribution in [0.5, 0.6) is 11.5 Å². The summed E-state index contributed by atoms with van der Waals surface area (Å²) >= 11 is 1.13. The zero-order chi connectivity index (χ0) is 15.0. The average Bonchev–Trinajstić information content (AvgIpc) is 2.46. The maximum Gasteiger partial charge on any atom is 0.204 e. The molecule has 0 spiro atoms. The van der Waals surface area contributed by atoms with Gasteiger partial charge in [-0.25, -0.2) is 0 Å². The number of hydrogen-bond acceptors (Lipinski definition) is 5. The van der Waals surface area contributed by atoms with Crippen LogP contribution < -0.4 is 0 Å². The molecule has 2 aromatic rings. The molecule has 0 fully saturated rings. The lowest BCUT2D eigenvalue weighted by molar-refractivity contribution is 0.0989. The number of rotatable bonds is 2. The summed E-state index contributed by atoms with van der Waals surface area (Å²) in [5.74, 6) is -0.743. The van der Waals surface area contributed by atoms with E-state index in [1.165, 1.54) is 36.4 Å². The Morgan fingerprint density at radius 3 is 2.33 bits per heavy atom. The molecule has 0 heterocycles. The van der Waals surface area contributed by atoms with Crippen LogP contribution in [0.15, 0.2) is 58.3 Å². The van der Waals surface area contributed by atoms with Crippen molar-refractivity contribution in [2.24, 2.45) is 0 Å². The number of allylic oxidation sites excluding steroid dienone is 2. The van der Waals surface area contributed by atoms with Gasteiger partial charge in [-0.1, -0.05) is 23.9 Å². The Hall–Kier alpha value is -2.53. The molecule has 0 atom stereocenters. The number of fused-ring (bicyclic) bond motifs is 1. The van der Waals surface area contributed by atoms with Gasteiger partial charge in [0.05, 0.1) is 10.5 Å². The van der Waals surface area contributed by atoms with E-state index in [0.717, 1.165) is 16.7 Å². The Morgan fingerprint density at radius 2 is 1.62 bits per heavy atom. The van der Waals surface area contributed by atoms with Gasteiger partial charge in [0.15, 0.2) is 5.78 Å². The van der Waals surface area contributed by atoms with Crippen LogP contribution in [0.4, 0.5) is 0 Å². The molecule has 0 aromatic heterocycles. The van der Waals surface area contributed by atoms with Crippen LogP contribution in [-0.2, 0) is 0 Å². The molecular formula is C16H10O4S. The number of phenolic OH excluding ortho intramolecular Hbond substituents is 2. The molecule has 3 rings (SSSR count). The fraction of sp³-hybridized carbons (Fsp3) is 0. The van der Waals surface area contributed by atoms with E-state index in [9.17, 15) is 19.8 Å². The van der Waals surface area contributed by atoms with Crippen molar-refractivity contribution in [1.82, 2.24) is 0 Å². The summed E-state index contributed by atoms with van der Waals surface area (Å²) in [5, 5.41) is 19.1. The molecule has 2 aromatic carbocycles. The number of Topliss-reactive ketones (excluding diaryl/α,β-unsaturated/α-hetero) is 1. The van der Waals surface area contributed by atoms with Gasteiger partial charge < -0.3 is 10.2 Å². The standard InChI is InChI=1S/C16H10O4S/c17-9-4-6-10(7-5-9)21-14-8-13(19)11-2-1-3-12(18)15(11)16(14)20/h1-8,17-18H. The predicted octanol–water partition coefficient (Wildman–Crippen LogP) is 3.15. The molecule has 0 radical (unpaired) electrons. The third-order valence-corrected chi connectivity index (χ3v) is 4.12. The second kappa shape index (κ2) is 5.10. The summed E-state index contributed by atoms with van der Waals surface area (Å²) in [5.41, 5.74) is 0.265. The van der Waals surface area contributed by atoms with E-state index in [0.29, 0.717) is 0 Å². The number of phenols is 2. The zero-order valence-electron chi connectivity index (χ0n) is 10.7. The minimum Gasteiger partial charge on any atom is -0.508 e. The number of carbonyl (C=O) groups excluding carboxylic acids is 2. The Kier molecular flexibility index (Phi) is 3.27. The summed E-state index contributed by atoms with van der Waals surface area (Å²) in [6, 6.07) is 10.8. The molecule has 4 nitrogen and oxygen atoms in total. The first-order valence-electron chi connectivity index (χ1n) is 6.16. The zero-order valence-corrected chi connectivity index (χ0v) is 11.6. The average molecular weight is 298 g/mol. The van der Waals surface area contributed by atoms with Crippen molar-refractivity contribution in [2.45, 2.75) is 4.90 Å². The maximum atomic E-state index is 12.4. The Morgan fingerprint density at radius 1 is 0.905 bits per heavy atom. The highest BCUT2D eigenvalue weighted by molar-refractivity contribution is 8.04. The van der Waals surface area contributed by atoms with Gasteiger partial charge in [0.1, 0.15) is 11.5 Å². The van der Waals surface area contributed by atoms with Crippen molar-refractivity contribution in [3.8, 4) is 11.5 Å². The van der Waals surface area contributed by atoms with E-state index in [2.05, 4.69) is 0 Å². The van der Waals surface area contributed by atoms with Crippen LogP contribution in [0.3, 0.4) is 0 Å². The van der Waals surface area contributed by atoms with Crippen molar-refractivity contribution in [3.05, 3.63) is 64.6 Å². The first kappa shape index (κ1) is 13.5. The van der Waals surface area contributed by atoms with Crippen molar-refractivity contribution >= 4 is 23.3 Å². The smallest absolute Gasteiger partial charge is 0.204 e.